The molecule has 0 spiro atoms. The fraction of sp³-hybridized carbons (Fsp3) is 0.300. The number of anilines is 1. The lowest BCUT2D eigenvalue weighted by molar-refractivity contribution is -0.123. The van der Waals surface area contributed by atoms with Crippen molar-refractivity contribution in [2.24, 2.45) is 5.92 Å². The molecule has 0 unspecified atom stereocenters. The molecule has 2 atom stereocenters. The summed E-state index contributed by atoms with van der Waals surface area (Å²) in [4.78, 5) is 24.8. The van der Waals surface area contributed by atoms with Gasteiger partial charge >= 0.3 is 6.18 Å². The number of carbonyl (C=O) groups excluding carboxylic acids is 2. The van der Waals surface area contributed by atoms with Gasteiger partial charge in [-0.05, 0) is 29.8 Å². The number of halogens is 9. The summed E-state index contributed by atoms with van der Waals surface area (Å²) in [6.07, 6.45) is -7.40. The first-order chi connectivity index (χ1) is 15.2. The summed E-state index contributed by atoms with van der Waals surface area (Å²) < 4.78 is 61.3. The molecule has 13 heteroatoms. The Morgan fingerprint density at radius 3 is 2.27 bits per heavy atom. The van der Waals surface area contributed by atoms with E-state index < -0.39 is 47.1 Å². The van der Waals surface area contributed by atoms with E-state index in [2.05, 4.69) is 5.32 Å². The topological polar surface area (TPSA) is 58.2 Å². The van der Waals surface area contributed by atoms with Gasteiger partial charge in [-0.25, -0.2) is 8.78 Å². The third kappa shape index (κ3) is 5.82. The maximum Gasteiger partial charge on any atom is 0.405 e. The molecule has 2 N–H and O–H groups in total. The molecule has 1 fully saturated rings. The van der Waals surface area contributed by atoms with Gasteiger partial charge in [-0.15, -0.1) is 23.2 Å². The minimum Gasteiger partial charge on any atom is -0.343 e. The summed E-state index contributed by atoms with van der Waals surface area (Å²) in [6, 6.07) is 7.37. The van der Waals surface area contributed by atoms with Crippen LogP contribution in [0.3, 0.4) is 0 Å². The van der Waals surface area contributed by atoms with E-state index in [1.54, 1.807) is 5.32 Å². The van der Waals surface area contributed by atoms with Gasteiger partial charge in [0.05, 0.1) is 16.5 Å². The molecule has 0 heterocycles. The average molecular weight is 550 g/mol. The summed E-state index contributed by atoms with van der Waals surface area (Å²) >= 11 is 24.2. The van der Waals surface area contributed by atoms with Gasteiger partial charge in [-0.2, -0.15) is 13.2 Å². The molecule has 3 rings (SSSR count). The van der Waals surface area contributed by atoms with Gasteiger partial charge in [0.1, 0.15) is 10.9 Å². The summed E-state index contributed by atoms with van der Waals surface area (Å²) in [5.41, 5.74) is -0.238. The third-order valence-corrected chi connectivity index (χ3v) is 6.48. The van der Waals surface area contributed by atoms with Crippen LogP contribution in [0.25, 0.3) is 0 Å². The predicted octanol–water partition coefficient (Wildman–Crippen LogP) is 6.75. The Kier molecular flexibility index (Phi) is 7.39. The summed E-state index contributed by atoms with van der Waals surface area (Å²) in [6.45, 7) is -1.56. The molecule has 2 aromatic rings. The number of hydrogen-bond donors (Lipinski definition) is 2. The Labute approximate surface area is 204 Å². The van der Waals surface area contributed by atoms with Crippen molar-refractivity contribution in [1.29, 1.82) is 0 Å². The zero-order valence-corrected chi connectivity index (χ0v) is 19.1. The Morgan fingerprint density at radius 2 is 1.70 bits per heavy atom. The first kappa shape index (κ1) is 25.8. The maximum absolute atomic E-state index is 12.9. The Hall–Kier alpha value is -1.81. The van der Waals surface area contributed by atoms with Crippen LogP contribution < -0.4 is 10.6 Å². The molecule has 0 saturated heterocycles. The normalized spacial score (nSPS) is 19.3. The van der Waals surface area contributed by atoms with Crippen LogP contribution in [0.15, 0.2) is 36.4 Å². The molecule has 178 valence electrons. The van der Waals surface area contributed by atoms with Crippen LogP contribution in [0.4, 0.5) is 27.6 Å². The number of hydrogen-bond acceptors (Lipinski definition) is 2. The lowest BCUT2D eigenvalue weighted by Crippen LogP contribution is -2.33. The highest BCUT2D eigenvalue weighted by Gasteiger charge is 2.67. The highest BCUT2D eigenvalue weighted by molar-refractivity contribution is 6.53. The number of amides is 2. The molecule has 33 heavy (non-hydrogen) atoms. The second-order valence-corrected chi connectivity index (χ2v) is 9.45. The average Bonchev–Trinajstić information content (AvgIpc) is 3.28. The minimum absolute atomic E-state index is 0.0578. The van der Waals surface area contributed by atoms with Crippen molar-refractivity contribution in [2.45, 2.75) is 22.9 Å². The summed E-state index contributed by atoms with van der Waals surface area (Å²) in [5, 5.41) is 3.83. The molecule has 0 radical (unpaired) electrons. The van der Waals surface area contributed by atoms with E-state index in [0.29, 0.717) is 5.56 Å². The summed E-state index contributed by atoms with van der Waals surface area (Å²) in [7, 11) is 0. The quantitative estimate of drug-likeness (QED) is 0.309. The van der Waals surface area contributed by atoms with Gasteiger partial charge in [0.15, 0.2) is 0 Å². The highest BCUT2D eigenvalue weighted by Crippen LogP contribution is 2.65. The molecular formula is C20H13Cl4F5N2O2. The van der Waals surface area contributed by atoms with Gasteiger partial charge in [0.2, 0.25) is 5.91 Å². The fourth-order valence-corrected chi connectivity index (χ4v) is 4.56. The second-order valence-electron chi connectivity index (χ2n) is 7.19. The highest BCUT2D eigenvalue weighted by atomic mass is 35.5. The Balaban J connectivity index is 1.75. The largest absolute Gasteiger partial charge is 0.405 e. The monoisotopic (exact) mass is 548 g/mol. The molecule has 0 aliphatic heterocycles. The molecule has 0 aromatic heterocycles. The molecule has 1 aliphatic carbocycles. The lowest BCUT2D eigenvalue weighted by atomic mass is 10.1. The van der Waals surface area contributed by atoms with E-state index in [-0.39, 0.29) is 26.9 Å². The van der Waals surface area contributed by atoms with E-state index >= 15 is 0 Å². The number of alkyl halides is 7. The number of benzene rings is 2. The first-order valence-electron chi connectivity index (χ1n) is 9.13. The van der Waals surface area contributed by atoms with Crippen molar-refractivity contribution in [3.63, 3.8) is 0 Å². The van der Waals surface area contributed by atoms with Gasteiger partial charge in [0.25, 0.3) is 12.3 Å². The van der Waals surface area contributed by atoms with Crippen molar-refractivity contribution < 1.29 is 31.5 Å². The van der Waals surface area contributed by atoms with Crippen LogP contribution in [0.1, 0.15) is 33.8 Å². The smallest absolute Gasteiger partial charge is 0.343 e. The molecule has 1 aliphatic rings. The Morgan fingerprint density at radius 1 is 1.03 bits per heavy atom. The van der Waals surface area contributed by atoms with Gasteiger partial charge in [-0.1, -0.05) is 35.3 Å². The molecular weight excluding hydrogens is 537 g/mol. The van der Waals surface area contributed by atoms with Crippen LogP contribution in [-0.2, 0) is 4.79 Å². The molecule has 2 aromatic carbocycles. The van der Waals surface area contributed by atoms with Crippen LogP contribution in [0.5, 0.6) is 0 Å². The fourth-order valence-electron chi connectivity index (χ4n) is 3.25. The summed E-state index contributed by atoms with van der Waals surface area (Å²) in [5.74, 6) is -3.50. The van der Waals surface area contributed by atoms with E-state index in [1.165, 1.54) is 24.3 Å². The second kappa shape index (κ2) is 9.44. The SMILES string of the molecule is O=C(NCC(F)(F)F)c1cc(NC(=O)[C@@H]2[C@@H](c3ccc(C(F)F)c(Cl)c3)C2(Cl)Cl)ccc1Cl. The van der Waals surface area contributed by atoms with Crippen molar-refractivity contribution in [3.05, 3.63) is 63.1 Å². The van der Waals surface area contributed by atoms with Crippen molar-refractivity contribution in [3.8, 4) is 0 Å². The first-order valence-corrected chi connectivity index (χ1v) is 10.6. The van der Waals surface area contributed by atoms with Crippen LogP contribution >= 0.6 is 46.4 Å². The number of carbonyl (C=O) groups is 2. The van der Waals surface area contributed by atoms with Crippen LogP contribution in [-0.4, -0.2) is 28.9 Å². The van der Waals surface area contributed by atoms with Gasteiger partial charge < -0.3 is 10.6 Å². The van der Waals surface area contributed by atoms with Crippen LogP contribution in [0.2, 0.25) is 10.0 Å². The zero-order chi connectivity index (χ0) is 24.7. The van der Waals surface area contributed by atoms with Crippen molar-refractivity contribution in [1.82, 2.24) is 5.32 Å². The molecule has 0 bridgehead atoms. The lowest BCUT2D eigenvalue weighted by Gasteiger charge is -2.11. The predicted molar refractivity (Wildman–Crippen MR) is 116 cm³/mol. The molecule has 1 saturated carbocycles. The van der Waals surface area contributed by atoms with Gasteiger partial charge in [-0.3, -0.25) is 9.59 Å². The third-order valence-electron chi connectivity index (χ3n) is 4.88. The van der Waals surface area contributed by atoms with E-state index in [4.69, 9.17) is 46.4 Å². The standard InChI is InChI=1S/C20H13Cl4F5N2O2/c21-12-4-2-9(6-11(12)17(32)30-7-19(27,28)29)31-18(33)15-14(20(15,23)24)8-1-3-10(16(25)26)13(22)5-8/h1-6,14-16H,7H2,(H,30,32)(H,31,33)/t14-,15+/m1/s1. The van der Waals surface area contributed by atoms with Crippen molar-refractivity contribution in [2.75, 3.05) is 11.9 Å². The minimum atomic E-state index is -4.62. The van der Waals surface area contributed by atoms with E-state index in [0.717, 1.165) is 12.1 Å². The van der Waals surface area contributed by atoms with Crippen LogP contribution in [0, 0.1) is 5.92 Å². The van der Waals surface area contributed by atoms with Crippen molar-refractivity contribution >= 4 is 63.9 Å². The van der Waals surface area contributed by atoms with Gasteiger partial charge in [0, 0.05) is 22.2 Å². The number of rotatable bonds is 6. The maximum atomic E-state index is 12.9. The molecule has 4 nitrogen and oxygen atoms in total. The Bertz CT molecular complexity index is 1090. The van der Waals surface area contributed by atoms with E-state index in [1.807, 2.05) is 0 Å². The number of nitrogens with one attached hydrogen (secondary N) is 2. The zero-order valence-electron chi connectivity index (χ0n) is 16.1. The van der Waals surface area contributed by atoms with E-state index in [9.17, 15) is 31.5 Å². The molecule has 2 amide bonds.